The molecule has 26 heavy (non-hydrogen) atoms. The minimum atomic E-state index is -1.91. The number of anilines is 1. The Labute approximate surface area is 161 Å². The quantitative estimate of drug-likeness (QED) is 0.814. The molecule has 1 aliphatic rings. The second-order valence-electron chi connectivity index (χ2n) is 6.14. The normalized spacial score (nSPS) is 18.8. The molecule has 0 saturated heterocycles. The summed E-state index contributed by atoms with van der Waals surface area (Å²) in [4.78, 5) is 25.8. The third-order valence-electron chi connectivity index (χ3n) is 4.21. The van der Waals surface area contributed by atoms with Gasteiger partial charge in [-0.3, -0.25) is 9.59 Å². The number of hydrogen-bond acceptors (Lipinski definition) is 4. The lowest BCUT2D eigenvalue weighted by molar-refractivity contribution is -0.141. The summed E-state index contributed by atoms with van der Waals surface area (Å²) in [5, 5.41) is 11.8. The van der Waals surface area contributed by atoms with Crippen LogP contribution in [0.5, 0.6) is 5.75 Å². The van der Waals surface area contributed by atoms with Crippen molar-refractivity contribution in [1.82, 2.24) is 0 Å². The van der Waals surface area contributed by atoms with Crippen LogP contribution in [0.25, 0.3) is 0 Å². The van der Waals surface area contributed by atoms with Crippen LogP contribution in [0.4, 0.5) is 5.69 Å². The molecule has 1 aliphatic heterocycles. The van der Waals surface area contributed by atoms with Crippen LogP contribution >= 0.6 is 23.2 Å². The summed E-state index contributed by atoms with van der Waals surface area (Å²) in [5.41, 5.74) is -1.05. The maximum Gasteiger partial charge on any atom is 0.264 e. The summed E-state index contributed by atoms with van der Waals surface area (Å²) in [6, 6.07) is 11.8. The zero-order valence-corrected chi connectivity index (χ0v) is 15.5. The van der Waals surface area contributed by atoms with Crippen LogP contribution in [0, 0.1) is 0 Å². The first kappa shape index (κ1) is 18.7. The van der Waals surface area contributed by atoms with Crippen molar-refractivity contribution in [2.24, 2.45) is 0 Å². The monoisotopic (exact) mass is 393 g/mol. The Morgan fingerprint density at radius 1 is 1.23 bits per heavy atom. The van der Waals surface area contributed by atoms with E-state index in [1.165, 1.54) is 17.9 Å². The average Bonchev–Trinajstić information content (AvgIpc) is 2.77. The van der Waals surface area contributed by atoms with E-state index in [4.69, 9.17) is 27.9 Å². The number of rotatable bonds is 6. The van der Waals surface area contributed by atoms with Crippen molar-refractivity contribution in [3.63, 3.8) is 0 Å². The average molecular weight is 394 g/mol. The van der Waals surface area contributed by atoms with Crippen LogP contribution in [-0.4, -0.2) is 29.9 Å². The number of hydrogen-bond donors (Lipinski definition) is 1. The van der Waals surface area contributed by atoms with Gasteiger partial charge in [0.2, 0.25) is 0 Å². The first-order chi connectivity index (χ1) is 12.3. The van der Waals surface area contributed by atoms with Gasteiger partial charge in [0.1, 0.15) is 18.1 Å². The fourth-order valence-corrected chi connectivity index (χ4v) is 3.45. The second-order valence-corrected chi connectivity index (χ2v) is 6.98. The highest BCUT2D eigenvalue weighted by atomic mass is 35.5. The van der Waals surface area contributed by atoms with Crippen molar-refractivity contribution in [2.45, 2.75) is 18.9 Å². The molecule has 1 N–H and O–H groups in total. The van der Waals surface area contributed by atoms with Gasteiger partial charge in [-0.1, -0.05) is 35.3 Å². The topological polar surface area (TPSA) is 66.8 Å². The standard InChI is InChI=1S/C19H17Cl2NO4/c1-12(23)11-19(25)14-10-13(20)6-7-16(14)22(18(19)24)8-9-26-17-5-3-2-4-15(17)21/h2-7,10,25H,8-9,11H2,1H3/t19-/m0/s1. The zero-order valence-electron chi connectivity index (χ0n) is 14.0. The molecule has 2 aromatic carbocycles. The minimum absolute atomic E-state index is 0.174. The largest absolute Gasteiger partial charge is 0.490 e. The van der Waals surface area contributed by atoms with Gasteiger partial charge in [-0.05, 0) is 37.3 Å². The van der Waals surface area contributed by atoms with Crippen molar-refractivity contribution in [2.75, 3.05) is 18.1 Å². The van der Waals surface area contributed by atoms with Gasteiger partial charge in [-0.2, -0.15) is 0 Å². The first-order valence-electron chi connectivity index (χ1n) is 8.04. The molecule has 0 radical (unpaired) electrons. The molecular weight excluding hydrogens is 377 g/mol. The molecule has 0 spiro atoms. The lowest BCUT2D eigenvalue weighted by Gasteiger charge is -2.22. The SMILES string of the molecule is CC(=O)C[C@@]1(O)C(=O)N(CCOc2ccccc2Cl)c2ccc(Cl)cc21. The molecule has 1 amide bonds. The Kier molecular flexibility index (Phi) is 5.23. The van der Waals surface area contributed by atoms with Crippen LogP contribution in [0.3, 0.4) is 0 Å². The molecule has 0 aliphatic carbocycles. The molecular formula is C19H17Cl2NO4. The first-order valence-corrected chi connectivity index (χ1v) is 8.79. The van der Waals surface area contributed by atoms with E-state index in [1.54, 1.807) is 36.4 Å². The third kappa shape index (κ3) is 3.43. The molecule has 1 heterocycles. The number of amides is 1. The fraction of sp³-hybridized carbons (Fsp3) is 0.263. The van der Waals surface area contributed by atoms with Crippen molar-refractivity contribution in [1.29, 1.82) is 0 Å². The molecule has 3 rings (SSSR count). The van der Waals surface area contributed by atoms with Gasteiger partial charge in [0.25, 0.3) is 5.91 Å². The van der Waals surface area contributed by atoms with Crippen molar-refractivity contribution < 1.29 is 19.4 Å². The fourth-order valence-electron chi connectivity index (χ4n) is 3.08. The van der Waals surface area contributed by atoms with Gasteiger partial charge in [0.05, 0.1) is 17.3 Å². The Bertz CT molecular complexity index is 870. The molecule has 7 heteroatoms. The van der Waals surface area contributed by atoms with E-state index in [2.05, 4.69) is 0 Å². The summed E-state index contributed by atoms with van der Waals surface area (Å²) >= 11 is 12.1. The number of ether oxygens (including phenoxy) is 1. The molecule has 1 atom stereocenters. The molecule has 136 valence electrons. The summed E-state index contributed by atoms with van der Waals surface area (Å²) < 4.78 is 5.63. The van der Waals surface area contributed by atoms with Crippen LogP contribution in [0.2, 0.25) is 10.0 Å². The van der Waals surface area contributed by atoms with E-state index >= 15 is 0 Å². The lowest BCUT2D eigenvalue weighted by Crippen LogP contribution is -2.43. The minimum Gasteiger partial charge on any atom is -0.490 e. The van der Waals surface area contributed by atoms with Crippen molar-refractivity contribution in [3.05, 3.63) is 58.1 Å². The Hall–Kier alpha value is -2.08. The van der Waals surface area contributed by atoms with Gasteiger partial charge in [0, 0.05) is 17.0 Å². The van der Waals surface area contributed by atoms with E-state index in [9.17, 15) is 14.7 Å². The number of ketones is 1. The summed E-state index contributed by atoms with van der Waals surface area (Å²) in [7, 11) is 0. The summed E-state index contributed by atoms with van der Waals surface area (Å²) in [6.45, 7) is 1.70. The van der Waals surface area contributed by atoms with E-state index in [0.29, 0.717) is 27.0 Å². The van der Waals surface area contributed by atoms with E-state index in [1.807, 2.05) is 0 Å². The molecule has 5 nitrogen and oxygen atoms in total. The van der Waals surface area contributed by atoms with E-state index in [0.717, 1.165) is 0 Å². The number of aliphatic hydroxyl groups is 1. The number of para-hydroxylation sites is 1. The molecule has 0 fully saturated rings. The summed E-state index contributed by atoms with van der Waals surface area (Å²) in [5.74, 6) is -0.343. The highest BCUT2D eigenvalue weighted by Crippen LogP contribution is 2.43. The van der Waals surface area contributed by atoms with Gasteiger partial charge in [-0.25, -0.2) is 0 Å². The van der Waals surface area contributed by atoms with Gasteiger partial charge in [0.15, 0.2) is 5.60 Å². The van der Waals surface area contributed by atoms with Gasteiger partial charge in [-0.15, -0.1) is 0 Å². The van der Waals surface area contributed by atoms with Crippen LogP contribution in [-0.2, 0) is 15.2 Å². The highest BCUT2D eigenvalue weighted by Gasteiger charge is 2.50. The smallest absolute Gasteiger partial charge is 0.264 e. The Balaban J connectivity index is 1.83. The van der Waals surface area contributed by atoms with Gasteiger partial charge < -0.3 is 14.7 Å². The van der Waals surface area contributed by atoms with Crippen LogP contribution < -0.4 is 9.64 Å². The Morgan fingerprint density at radius 3 is 2.65 bits per heavy atom. The maximum atomic E-state index is 12.8. The number of benzene rings is 2. The third-order valence-corrected chi connectivity index (χ3v) is 4.76. The predicted molar refractivity (Wildman–Crippen MR) is 99.9 cm³/mol. The predicted octanol–water partition coefficient (Wildman–Crippen LogP) is 3.59. The maximum absolute atomic E-state index is 12.8. The second kappa shape index (κ2) is 7.27. The van der Waals surface area contributed by atoms with E-state index < -0.39 is 11.5 Å². The lowest BCUT2D eigenvalue weighted by atomic mass is 9.90. The number of fused-ring (bicyclic) bond motifs is 1. The van der Waals surface area contributed by atoms with Gasteiger partial charge >= 0.3 is 0 Å². The molecule has 2 aromatic rings. The number of nitrogens with zero attached hydrogens (tertiary/aromatic N) is 1. The number of carbonyl (C=O) groups is 2. The summed E-state index contributed by atoms with van der Waals surface area (Å²) in [6.07, 6.45) is -0.305. The van der Waals surface area contributed by atoms with E-state index in [-0.39, 0.29) is 25.4 Å². The number of carbonyl (C=O) groups excluding carboxylic acids is 2. The highest BCUT2D eigenvalue weighted by molar-refractivity contribution is 6.32. The molecule has 0 unspecified atom stereocenters. The zero-order chi connectivity index (χ0) is 18.9. The molecule has 0 bridgehead atoms. The molecule has 0 aromatic heterocycles. The number of halogens is 2. The van der Waals surface area contributed by atoms with Crippen LogP contribution in [0.1, 0.15) is 18.9 Å². The van der Waals surface area contributed by atoms with Crippen LogP contribution in [0.15, 0.2) is 42.5 Å². The molecule has 0 saturated carbocycles. The van der Waals surface area contributed by atoms with Crippen molar-refractivity contribution >= 4 is 40.6 Å². The number of Topliss-reactive ketones (excluding diaryl/α,β-unsaturated/α-hetero) is 1. The Morgan fingerprint density at radius 2 is 1.96 bits per heavy atom. The van der Waals surface area contributed by atoms with Crippen molar-refractivity contribution in [3.8, 4) is 5.75 Å².